The lowest BCUT2D eigenvalue weighted by Gasteiger charge is -2.28. The molecule has 0 aliphatic heterocycles. The maximum Gasteiger partial charge on any atom is 0.142 e. The van der Waals surface area contributed by atoms with E-state index < -0.39 is 6.10 Å². The standard InChI is InChI=1S/C15H26N2O2S/c1-4-12(11-20-3)17(2)9-13(18)10-19-15-8-6-5-7-14(15)16/h5-8,12-13,18H,4,9-11,16H2,1-3H3. The van der Waals surface area contributed by atoms with Gasteiger partial charge >= 0.3 is 0 Å². The lowest BCUT2D eigenvalue weighted by molar-refractivity contribution is 0.0659. The van der Waals surface area contributed by atoms with Crippen LogP contribution >= 0.6 is 11.8 Å². The first-order valence-corrected chi connectivity index (χ1v) is 8.32. The molecule has 0 aromatic heterocycles. The van der Waals surface area contributed by atoms with Crippen LogP contribution in [-0.2, 0) is 0 Å². The summed E-state index contributed by atoms with van der Waals surface area (Å²) >= 11 is 1.83. The number of para-hydroxylation sites is 2. The van der Waals surface area contributed by atoms with Gasteiger partial charge in [0.05, 0.1) is 5.69 Å². The number of benzene rings is 1. The molecule has 0 amide bonds. The second-order valence-corrected chi connectivity index (χ2v) is 5.87. The monoisotopic (exact) mass is 298 g/mol. The van der Waals surface area contributed by atoms with E-state index in [0.717, 1.165) is 12.2 Å². The van der Waals surface area contributed by atoms with E-state index in [4.69, 9.17) is 10.5 Å². The number of aliphatic hydroxyl groups is 1. The predicted molar refractivity (Wildman–Crippen MR) is 87.4 cm³/mol. The van der Waals surface area contributed by atoms with Crippen molar-refractivity contribution in [3.05, 3.63) is 24.3 Å². The van der Waals surface area contributed by atoms with Crippen LogP contribution in [0.15, 0.2) is 24.3 Å². The molecule has 0 saturated carbocycles. The Labute approximate surface area is 126 Å². The van der Waals surface area contributed by atoms with Crippen LogP contribution < -0.4 is 10.5 Å². The van der Waals surface area contributed by atoms with Crippen molar-refractivity contribution in [3.8, 4) is 5.75 Å². The fourth-order valence-electron chi connectivity index (χ4n) is 2.08. The lowest BCUT2D eigenvalue weighted by Crippen LogP contribution is -2.40. The molecule has 2 atom stereocenters. The van der Waals surface area contributed by atoms with Crippen molar-refractivity contribution in [2.45, 2.75) is 25.5 Å². The molecule has 4 nitrogen and oxygen atoms in total. The molecule has 0 aliphatic carbocycles. The van der Waals surface area contributed by atoms with Crippen LogP contribution in [0, 0.1) is 0 Å². The minimum Gasteiger partial charge on any atom is -0.489 e. The molecule has 0 radical (unpaired) electrons. The van der Waals surface area contributed by atoms with Crippen LogP contribution in [0.1, 0.15) is 13.3 Å². The molecule has 1 rings (SSSR count). The number of thioether (sulfide) groups is 1. The summed E-state index contributed by atoms with van der Waals surface area (Å²) in [5.74, 6) is 1.71. The smallest absolute Gasteiger partial charge is 0.142 e. The molecule has 2 unspecified atom stereocenters. The van der Waals surface area contributed by atoms with Gasteiger partial charge in [0.15, 0.2) is 0 Å². The van der Waals surface area contributed by atoms with Crippen molar-refractivity contribution in [1.29, 1.82) is 0 Å². The maximum atomic E-state index is 10.1. The fourth-order valence-corrected chi connectivity index (χ4v) is 2.96. The van der Waals surface area contributed by atoms with Gasteiger partial charge in [-0.3, -0.25) is 4.90 Å². The quantitative estimate of drug-likeness (QED) is 0.684. The Morgan fingerprint density at radius 2 is 2.10 bits per heavy atom. The second-order valence-electron chi connectivity index (χ2n) is 4.96. The van der Waals surface area contributed by atoms with Crippen molar-refractivity contribution in [2.75, 3.05) is 37.9 Å². The third kappa shape index (κ3) is 5.61. The number of hydrogen-bond donors (Lipinski definition) is 2. The van der Waals surface area contributed by atoms with Crippen LogP contribution in [0.25, 0.3) is 0 Å². The summed E-state index contributed by atoms with van der Waals surface area (Å²) in [5, 5.41) is 10.1. The molecular formula is C15H26N2O2S. The average molecular weight is 298 g/mol. The molecule has 1 aromatic rings. The van der Waals surface area contributed by atoms with Crippen LogP contribution in [0.4, 0.5) is 5.69 Å². The van der Waals surface area contributed by atoms with Crippen molar-refractivity contribution < 1.29 is 9.84 Å². The first kappa shape index (κ1) is 17.1. The van der Waals surface area contributed by atoms with Gasteiger partial charge in [0.25, 0.3) is 0 Å². The van der Waals surface area contributed by atoms with Gasteiger partial charge in [0.2, 0.25) is 0 Å². The maximum absolute atomic E-state index is 10.1. The number of hydrogen-bond acceptors (Lipinski definition) is 5. The molecule has 0 fully saturated rings. The Kier molecular flexibility index (Phi) is 7.80. The average Bonchev–Trinajstić information content (AvgIpc) is 2.43. The summed E-state index contributed by atoms with van der Waals surface area (Å²) in [6.45, 7) is 3.03. The Balaban J connectivity index is 2.39. The van der Waals surface area contributed by atoms with E-state index in [1.807, 2.05) is 37.0 Å². The van der Waals surface area contributed by atoms with Crippen molar-refractivity contribution in [2.24, 2.45) is 0 Å². The first-order chi connectivity index (χ1) is 9.58. The fraction of sp³-hybridized carbons (Fsp3) is 0.600. The zero-order valence-electron chi connectivity index (χ0n) is 12.6. The highest BCUT2D eigenvalue weighted by Gasteiger charge is 2.16. The molecule has 3 N–H and O–H groups in total. The van der Waals surface area contributed by atoms with Gasteiger partial charge in [-0.1, -0.05) is 19.1 Å². The summed E-state index contributed by atoms with van der Waals surface area (Å²) < 4.78 is 5.57. The number of likely N-dealkylation sites (N-methyl/N-ethyl adjacent to an activating group) is 1. The number of nitrogens with two attached hydrogens (primary N) is 1. The minimum absolute atomic E-state index is 0.258. The Morgan fingerprint density at radius 3 is 2.70 bits per heavy atom. The van der Waals surface area contributed by atoms with Crippen molar-refractivity contribution >= 4 is 17.4 Å². The van der Waals surface area contributed by atoms with Gasteiger partial charge in [-0.05, 0) is 31.9 Å². The van der Waals surface area contributed by atoms with Crippen LogP contribution in [-0.4, -0.2) is 54.4 Å². The molecule has 0 spiro atoms. The van der Waals surface area contributed by atoms with E-state index in [1.165, 1.54) is 0 Å². The topological polar surface area (TPSA) is 58.7 Å². The van der Waals surface area contributed by atoms with Crippen LogP contribution in [0.5, 0.6) is 5.75 Å². The number of aliphatic hydroxyl groups excluding tert-OH is 1. The largest absolute Gasteiger partial charge is 0.489 e. The normalized spacial score (nSPS) is 14.2. The zero-order chi connectivity index (χ0) is 15.0. The highest BCUT2D eigenvalue weighted by molar-refractivity contribution is 7.98. The SMILES string of the molecule is CCC(CSC)N(C)CC(O)COc1ccccc1N. The summed E-state index contributed by atoms with van der Waals surface area (Å²) in [7, 11) is 2.05. The minimum atomic E-state index is -0.518. The molecule has 5 heteroatoms. The van der Waals surface area contributed by atoms with Gasteiger partial charge < -0.3 is 15.6 Å². The van der Waals surface area contributed by atoms with Crippen molar-refractivity contribution in [3.63, 3.8) is 0 Å². The molecule has 20 heavy (non-hydrogen) atoms. The number of ether oxygens (including phenoxy) is 1. The van der Waals surface area contributed by atoms with Crippen molar-refractivity contribution in [1.82, 2.24) is 4.90 Å². The summed E-state index contributed by atoms with van der Waals surface area (Å²) in [4.78, 5) is 2.19. The molecular weight excluding hydrogens is 272 g/mol. The predicted octanol–water partition coefficient (Wildman–Crippen LogP) is 2.08. The van der Waals surface area contributed by atoms with E-state index in [1.54, 1.807) is 6.07 Å². The van der Waals surface area contributed by atoms with Crippen LogP contribution in [0.2, 0.25) is 0 Å². The number of nitrogen functional groups attached to an aromatic ring is 1. The third-order valence-electron chi connectivity index (χ3n) is 3.30. The Hall–Kier alpha value is -0.910. The molecule has 0 saturated heterocycles. The molecule has 0 bridgehead atoms. The number of anilines is 1. The molecule has 0 aliphatic rings. The van der Waals surface area contributed by atoms with Gasteiger partial charge in [-0.15, -0.1) is 0 Å². The van der Waals surface area contributed by atoms with Gasteiger partial charge in [0, 0.05) is 18.3 Å². The molecule has 1 aromatic carbocycles. The number of rotatable bonds is 9. The molecule has 114 valence electrons. The van der Waals surface area contributed by atoms with E-state index >= 15 is 0 Å². The van der Waals surface area contributed by atoms with Gasteiger partial charge in [-0.25, -0.2) is 0 Å². The van der Waals surface area contributed by atoms with E-state index in [-0.39, 0.29) is 6.61 Å². The second kappa shape index (κ2) is 9.10. The number of nitrogens with zero attached hydrogens (tertiary/aromatic N) is 1. The summed E-state index contributed by atoms with van der Waals surface area (Å²) in [5.41, 5.74) is 6.40. The highest BCUT2D eigenvalue weighted by Crippen LogP contribution is 2.19. The highest BCUT2D eigenvalue weighted by atomic mass is 32.2. The third-order valence-corrected chi connectivity index (χ3v) is 4.02. The summed E-state index contributed by atoms with van der Waals surface area (Å²) in [6.07, 6.45) is 2.67. The van der Waals surface area contributed by atoms with Gasteiger partial charge in [0.1, 0.15) is 18.5 Å². The molecule has 0 heterocycles. The van der Waals surface area contributed by atoms with E-state index in [9.17, 15) is 5.11 Å². The van der Waals surface area contributed by atoms with Crippen LogP contribution in [0.3, 0.4) is 0 Å². The van der Waals surface area contributed by atoms with Gasteiger partial charge in [-0.2, -0.15) is 11.8 Å². The first-order valence-electron chi connectivity index (χ1n) is 6.93. The summed E-state index contributed by atoms with van der Waals surface area (Å²) in [6, 6.07) is 7.82. The zero-order valence-corrected chi connectivity index (χ0v) is 13.4. The van der Waals surface area contributed by atoms with E-state index in [0.29, 0.717) is 24.0 Å². The van der Waals surface area contributed by atoms with E-state index in [2.05, 4.69) is 18.1 Å². The lowest BCUT2D eigenvalue weighted by atomic mass is 10.2. The Bertz CT molecular complexity index is 390. The Morgan fingerprint density at radius 1 is 1.40 bits per heavy atom.